The van der Waals surface area contributed by atoms with E-state index in [1.54, 1.807) is 6.07 Å². The average Bonchev–Trinajstić information content (AvgIpc) is 3.04. The molecule has 0 aliphatic rings. The van der Waals surface area contributed by atoms with E-state index < -0.39 is 22.0 Å². The fourth-order valence-electron chi connectivity index (χ4n) is 2.17. The highest BCUT2D eigenvalue weighted by molar-refractivity contribution is 9.11. The zero-order valence-electron chi connectivity index (χ0n) is 14.2. The maximum atomic E-state index is 13.0. The number of nitrogens with zero attached hydrogens (tertiary/aromatic N) is 1. The molecule has 26 heavy (non-hydrogen) atoms. The molecule has 1 aromatic carbocycles. The highest BCUT2D eigenvalue weighted by Crippen LogP contribution is 2.27. The Hall–Kier alpha value is -1.75. The molecule has 1 aromatic heterocycles. The number of halogens is 1. The molecule has 0 spiro atoms. The Morgan fingerprint density at radius 1 is 1.12 bits per heavy atom. The lowest BCUT2D eigenvalue weighted by Crippen LogP contribution is -2.28. The van der Waals surface area contributed by atoms with E-state index in [1.807, 2.05) is 6.07 Å². The number of rotatable bonds is 6. The molecule has 7 nitrogen and oxygen atoms in total. The van der Waals surface area contributed by atoms with Crippen LogP contribution < -0.4 is 0 Å². The lowest BCUT2D eigenvalue weighted by Gasteiger charge is -2.18. The third kappa shape index (κ3) is 4.32. The molecule has 0 unspecified atom stereocenters. The van der Waals surface area contributed by atoms with Crippen LogP contribution in [0.25, 0.3) is 0 Å². The van der Waals surface area contributed by atoms with Crippen LogP contribution in [0.5, 0.6) is 0 Å². The molecular formula is C16H16BrNO6S2. The molecule has 2 aromatic rings. The summed E-state index contributed by atoms with van der Waals surface area (Å²) in [5, 5.41) is 0. The predicted molar refractivity (Wildman–Crippen MR) is 99.8 cm³/mol. The Morgan fingerprint density at radius 3 is 2.31 bits per heavy atom. The fourth-order valence-corrected chi connectivity index (χ4v) is 5.14. The summed E-state index contributed by atoms with van der Waals surface area (Å²) in [5.74, 6) is -1.52. The van der Waals surface area contributed by atoms with E-state index >= 15 is 0 Å². The molecule has 1 heterocycles. The maximum Gasteiger partial charge on any atom is 0.339 e. The van der Waals surface area contributed by atoms with Gasteiger partial charge in [0, 0.05) is 18.5 Å². The molecule has 0 atom stereocenters. The van der Waals surface area contributed by atoms with Crippen LogP contribution in [0.1, 0.15) is 25.6 Å². The van der Waals surface area contributed by atoms with E-state index in [-0.39, 0.29) is 22.6 Å². The van der Waals surface area contributed by atoms with Crippen LogP contribution in [0.4, 0.5) is 0 Å². The van der Waals surface area contributed by atoms with Crippen molar-refractivity contribution >= 4 is 49.2 Å². The molecule has 0 bridgehead atoms. The lowest BCUT2D eigenvalue weighted by atomic mass is 10.1. The first-order valence-electron chi connectivity index (χ1n) is 7.22. The lowest BCUT2D eigenvalue weighted by molar-refractivity contribution is 0.0583. The van der Waals surface area contributed by atoms with Gasteiger partial charge in [0.25, 0.3) is 0 Å². The summed E-state index contributed by atoms with van der Waals surface area (Å²) in [6.45, 7) is 0.113. The van der Waals surface area contributed by atoms with Crippen LogP contribution in [-0.4, -0.2) is 45.9 Å². The second kappa shape index (κ2) is 8.30. The first-order valence-corrected chi connectivity index (χ1v) is 10.3. The zero-order chi connectivity index (χ0) is 19.5. The third-order valence-electron chi connectivity index (χ3n) is 3.50. The largest absolute Gasteiger partial charge is 0.465 e. The van der Waals surface area contributed by atoms with Crippen molar-refractivity contribution in [3.05, 3.63) is 50.1 Å². The number of thiophene rings is 1. The Kier molecular flexibility index (Phi) is 6.56. The van der Waals surface area contributed by atoms with Crippen molar-refractivity contribution in [2.24, 2.45) is 0 Å². The number of ether oxygens (including phenoxy) is 2. The van der Waals surface area contributed by atoms with Gasteiger partial charge >= 0.3 is 11.9 Å². The Labute approximate surface area is 163 Å². The van der Waals surface area contributed by atoms with Gasteiger partial charge in [-0.2, -0.15) is 4.31 Å². The first-order chi connectivity index (χ1) is 12.2. The van der Waals surface area contributed by atoms with Gasteiger partial charge in [0.15, 0.2) is 0 Å². The molecule has 0 saturated carbocycles. The van der Waals surface area contributed by atoms with E-state index in [1.165, 1.54) is 37.6 Å². The topological polar surface area (TPSA) is 90.0 Å². The molecule has 10 heteroatoms. The van der Waals surface area contributed by atoms with E-state index in [0.29, 0.717) is 0 Å². The van der Waals surface area contributed by atoms with Gasteiger partial charge in [-0.1, -0.05) is 0 Å². The quantitative estimate of drug-likeness (QED) is 0.614. The molecule has 0 saturated heterocycles. The number of carbonyl (C=O) groups excluding carboxylic acids is 2. The molecule has 140 valence electrons. The third-order valence-corrected chi connectivity index (χ3v) is 6.96. The Morgan fingerprint density at radius 2 is 1.77 bits per heavy atom. The fraction of sp³-hybridized carbons (Fsp3) is 0.250. The van der Waals surface area contributed by atoms with Gasteiger partial charge < -0.3 is 9.47 Å². The molecule has 0 amide bonds. The summed E-state index contributed by atoms with van der Waals surface area (Å²) in [6, 6.07) is 7.29. The summed E-state index contributed by atoms with van der Waals surface area (Å²) < 4.78 is 37.3. The first kappa shape index (κ1) is 20.6. The van der Waals surface area contributed by atoms with Gasteiger partial charge in [-0.05, 0) is 46.3 Å². The second-order valence-corrected chi connectivity index (χ2v) is 9.72. The highest BCUT2D eigenvalue weighted by atomic mass is 79.9. The minimum Gasteiger partial charge on any atom is -0.465 e. The van der Waals surface area contributed by atoms with E-state index in [2.05, 4.69) is 25.4 Å². The van der Waals surface area contributed by atoms with Crippen LogP contribution in [-0.2, 0) is 26.0 Å². The molecule has 0 fully saturated rings. The average molecular weight is 462 g/mol. The molecule has 0 aliphatic carbocycles. The summed E-state index contributed by atoms with van der Waals surface area (Å²) in [6.07, 6.45) is 0. The Bertz CT molecular complexity index is 938. The number of hydrogen-bond donors (Lipinski definition) is 0. The van der Waals surface area contributed by atoms with Gasteiger partial charge in [0.05, 0.1) is 34.0 Å². The van der Waals surface area contributed by atoms with Gasteiger partial charge in [-0.25, -0.2) is 18.0 Å². The van der Waals surface area contributed by atoms with Crippen molar-refractivity contribution in [2.45, 2.75) is 11.4 Å². The van der Waals surface area contributed by atoms with Crippen molar-refractivity contribution in [1.82, 2.24) is 4.31 Å². The predicted octanol–water partition coefficient (Wildman–Crippen LogP) is 2.90. The number of methoxy groups -OCH3 is 2. The minimum absolute atomic E-state index is 0.0194. The maximum absolute atomic E-state index is 13.0. The van der Waals surface area contributed by atoms with Crippen LogP contribution >= 0.6 is 27.3 Å². The van der Waals surface area contributed by atoms with Crippen LogP contribution in [0, 0.1) is 0 Å². The van der Waals surface area contributed by atoms with Crippen LogP contribution in [0.2, 0.25) is 0 Å². The number of benzene rings is 1. The zero-order valence-corrected chi connectivity index (χ0v) is 17.4. The second-order valence-electron chi connectivity index (χ2n) is 5.16. The van der Waals surface area contributed by atoms with Crippen LogP contribution in [0.3, 0.4) is 0 Å². The van der Waals surface area contributed by atoms with Gasteiger partial charge in [0.2, 0.25) is 10.0 Å². The number of hydrogen-bond acceptors (Lipinski definition) is 7. The Balaban J connectivity index is 2.50. The summed E-state index contributed by atoms with van der Waals surface area (Å²) in [5.41, 5.74) is -0.134. The van der Waals surface area contributed by atoms with Gasteiger partial charge in [0.1, 0.15) is 0 Å². The van der Waals surface area contributed by atoms with Gasteiger partial charge in [-0.3, -0.25) is 0 Å². The molecule has 0 N–H and O–H groups in total. The minimum atomic E-state index is -4.06. The molecular weight excluding hydrogens is 446 g/mol. The summed E-state index contributed by atoms with van der Waals surface area (Å²) in [7, 11) is -0.326. The van der Waals surface area contributed by atoms with Crippen molar-refractivity contribution in [3.63, 3.8) is 0 Å². The van der Waals surface area contributed by atoms with E-state index in [0.717, 1.165) is 26.1 Å². The molecule has 0 aliphatic heterocycles. The molecule has 0 radical (unpaired) electrons. The van der Waals surface area contributed by atoms with Crippen molar-refractivity contribution in [1.29, 1.82) is 0 Å². The van der Waals surface area contributed by atoms with E-state index in [4.69, 9.17) is 0 Å². The van der Waals surface area contributed by atoms with E-state index in [9.17, 15) is 18.0 Å². The molecule has 2 rings (SSSR count). The van der Waals surface area contributed by atoms with Crippen molar-refractivity contribution in [3.8, 4) is 0 Å². The van der Waals surface area contributed by atoms with Gasteiger partial charge in [-0.15, -0.1) is 11.3 Å². The van der Waals surface area contributed by atoms with Crippen LogP contribution in [0.15, 0.2) is 39.0 Å². The monoisotopic (exact) mass is 461 g/mol. The SMILES string of the molecule is COC(=O)c1ccc(C(=O)OC)c(S(=O)(=O)N(C)Cc2ccc(Br)s2)c1. The van der Waals surface area contributed by atoms with Crippen molar-refractivity contribution in [2.75, 3.05) is 21.3 Å². The van der Waals surface area contributed by atoms with Crippen molar-refractivity contribution < 1.29 is 27.5 Å². The number of sulfonamides is 1. The number of esters is 2. The number of carbonyl (C=O) groups is 2. The smallest absolute Gasteiger partial charge is 0.339 e. The summed E-state index contributed by atoms with van der Waals surface area (Å²) in [4.78, 5) is 24.2. The highest BCUT2D eigenvalue weighted by Gasteiger charge is 2.29. The standard InChI is InChI=1S/C16H16BrNO6S2/c1-18(9-11-5-7-14(17)25-11)26(21,22)13-8-10(15(19)23-2)4-6-12(13)16(20)24-3/h4-8H,9H2,1-3H3. The normalized spacial score (nSPS) is 11.4. The summed E-state index contributed by atoms with van der Waals surface area (Å²) >= 11 is 4.73.